The Balaban J connectivity index is 3.15. The van der Waals surface area contributed by atoms with Gasteiger partial charge in [0.05, 0.1) is 0 Å². The maximum Gasteiger partial charge on any atom is 0.201 e. The van der Waals surface area contributed by atoms with Gasteiger partial charge in [-0.05, 0) is 21.0 Å². The summed E-state index contributed by atoms with van der Waals surface area (Å²) in [5, 5.41) is 20.0. The number of halogens is 1. The first-order valence-electron chi connectivity index (χ1n) is 2.55. The summed E-state index contributed by atoms with van der Waals surface area (Å²) in [4.78, 5) is 2.42. The molecule has 1 aromatic heterocycles. The van der Waals surface area contributed by atoms with Gasteiger partial charge in [0.1, 0.15) is 0 Å². The fourth-order valence-corrected chi connectivity index (χ4v) is 0.588. The van der Waals surface area contributed by atoms with Crippen LogP contribution in [0.1, 0.15) is 5.69 Å². The number of hydrogen-bond donors (Lipinski definition) is 1. The van der Waals surface area contributed by atoms with Crippen molar-refractivity contribution < 1.29 is 9.84 Å². The Morgan fingerprint density at radius 3 is 3.00 bits per heavy atom. The molecule has 9 heteroatoms. The molecule has 0 aliphatic rings. The first-order valence-corrected chi connectivity index (χ1v) is 2.93. The fraction of sp³-hybridized carbons (Fsp3) is 0. The van der Waals surface area contributed by atoms with Crippen molar-refractivity contribution in [3.63, 3.8) is 0 Å². The lowest BCUT2D eigenvalue weighted by molar-refractivity contribution is 0.305. The van der Waals surface area contributed by atoms with Crippen molar-refractivity contribution >= 4 is 22.6 Å². The van der Waals surface area contributed by atoms with E-state index < -0.39 is 0 Å². The van der Waals surface area contributed by atoms with Crippen molar-refractivity contribution in [2.75, 3.05) is 0 Å². The Morgan fingerprint density at radius 2 is 2.42 bits per heavy atom. The molecule has 0 bridgehead atoms. The lowest BCUT2D eigenvalue weighted by atomic mass is 10.5. The smallest absolute Gasteiger partial charge is 0.201 e. The van der Waals surface area contributed by atoms with Gasteiger partial charge in [0.2, 0.25) is 5.82 Å². The van der Waals surface area contributed by atoms with Crippen molar-refractivity contribution in [1.29, 1.82) is 0 Å². The van der Waals surface area contributed by atoms with E-state index in [1.54, 1.807) is 0 Å². The third-order valence-corrected chi connectivity index (χ3v) is 1.15. The lowest BCUT2D eigenvalue weighted by Crippen LogP contribution is -1.90. The number of rotatable bonds is 2. The number of nitrogens with zero attached hydrogens (tertiary/aromatic N) is 6. The zero-order valence-corrected chi connectivity index (χ0v) is 6.17. The monoisotopic (exact) mass is 188 g/mol. The number of azide groups is 1. The normalized spacial score (nSPS) is 10.9. The molecule has 0 aromatic carbocycles. The van der Waals surface area contributed by atoms with E-state index in [1.165, 1.54) is 0 Å². The fourth-order valence-electron chi connectivity index (χ4n) is 0.469. The van der Waals surface area contributed by atoms with Crippen LogP contribution in [-0.4, -0.2) is 20.7 Å². The molecule has 1 N–H and O–H groups in total. The van der Waals surface area contributed by atoms with Crippen LogP contribution in [0.25, 0.3) is 10.4 Å². The molecule has 0 fully saturated rings. The van der Waals surface area contributed by atoms with E-state index in [1.807, 2.05) is 0 Å². The van der Waals surface area contributed by atoms with Crippen LogP contribution in [0.5, 0.6) is 0 Å². The third kappa shape index (κ3) is 1.44. The Labute approximate surface area is 70.0 Å². The van der Waals surface area contributed by atoms with Gasteiger partial charge < -0.3 is 5.21 Å². The number of aromatic nitrogens is 2. The van der Waals surface area contributed by atoms with Gasteiger partial charge in [-0.1, -0.05) is 16.8 Å². The maximum absolute atomic E-state index is 8.21. The standard InChI is InChI=1S/C3HClN6O2/c4-2(7-11)1-3(6-10-5)9-12-8-1/h11H. The highest BCUT2D eigenvalue weighted by molar-refractivity contribution is 6.69. The van der Waals surface area contributed by atoms with Crippen LogP contribution in [0.4, 0.5) is 5.82 Å². The first kappa shape index (κ1) is 8.31. The van der Waals surface area contributed by atoms with Gasteiger partial charge in [-0.2, -0.15) is 0 Å². The molecule has 12 heavy (non-hydrogen) atoms. The van der Waals surface area contributed by atoms with Crippen LogP contribution in [-0.2, 0) is 0 Å². The van der Waals surface area contributed by atoms with Crippen molar-refractivity contribution in [3.8, 4) is 0 Å². The molecule has 0 aliphatic carbocycles. The molecular formula is C3HClN6O2. The van der Waals surface area contributed by atoms with Crippen LogP contribution in [0, 0.1) is 0 Å². The summed E-state index contributed by atoms with van der Waals surface area (Å²) in [6.45, 7) is 0. The van der Waals surface area contributed by atoms with Gasteiger partial charge in [0.25, 0.3) is 0 Å². The molecule has 8 nitrogen and oxygen atoms in total. The quantitative estimate of drug-likeness (QED) is 0.188. The number of oxime groups is 1. The van der Waals surface area contributed by atoms with Crippen LogP contribution in [0.2, 0.25) is 0 Å². The Bertz CT molecular complexity index is 351. The molecular weight excluding hydrogens is 188 g/mol. The number of hydrogen-bond acceptors (Lipinski definition) is 6. The lowest BCUT2D eigenvalue weighted by Gasteiger charge is -1.84. The van der Waals surface area contributed by atoms with Gasteiger partial charge in [-0.3, -0.25) is 0 Å². The topological polar surface area (TPSA) is 120 Å². The van der Waals surface area contributed by atoms with Gasteiger partial charge in [0.15, 0.2) is 10.9 Å². The summed E-state index contributed by atoms with van der Waals surface area (Å²) >= 11 is 5.33. The summed E-state index contributed by atoms with van der Waals surface area (Å²) in [5.74, 6) is -0.180. The van der Waals surface area contributed by atoms with Crippen molar-refractivity contribution in [2.24, 2.45) is 10.3 Å². The molecule has 62 valence electrons. The minimum absolute atomic E-state index is 0.114. The molecule has 1 aromatic rings. The molecule has 0 aliphatic heterocycles. The molecule has 0 amide bonds. The minimum atomic E-state index is -0.362. The molecule has 1 rings (SSSR count). The van der Waals surface area contributed by atoms with Crippen LogP contribution >= 0.6 is 11.6 Å². The van der Waals surface area contributed by atoms with Crippen molar-refractivity contribution in [2.45, 2.75) is 0 Å². The van der Waals surface area contributed by atoms with Gasteiger partial charge >= 0.3 is 0 Å². The highest BCUT2D eigenvalue weighted by Gasteiger charge is 2.13. The Hall–Kier alpha value is -1.79. The molecule has 0 saturated heterocycles. The van der Waals surface area contributed by atoms with Gasteiger partial charge in [0, 0.05) is 4.91 Å². The van der Waals surface area contributed by atoms with E-state index in [-0.39, 0.29) is 16.7 Å². The predicted octanol–water partition coefficient (Wildman–Crippen LogP) is 1.39. The average molecular weight is 189 g/mol. The predicted molar refractivity (Wildman–Crippen MR) is 37.3 cm³/mol. The summed E-state index contributed by atoms with van der Waals surface area (Å²) in [7, 11) is 0. The second-order valence-electron chi connectivity index (χ2n) is 1.52. The van der Waals surface area contributed by atoms with Crippen molar-refractivity contribution in [1.82, 2.24) is 10.3 Å². The van der Waals surface area contributed by atoms with E-state index in [2.05, 4.69) is 30.1 Å². The second-order valence-corrected chi connectivity index (χ2v) is 1.87. The summed E-state index contributed by atoms with van der Waals surface area (Å²) in [5.41, 5.74) is 7.91. The Kier molecular flexibility index (Phi) is 2.46. The first-order chi connectivity index (χ1) is 5.79. The van der Waals surface area contributed by atoms with Crippen LogP contribution in [0.3, 0.4) is 0 Å². The third-order valence-electron chi connectivity index (χ3n) is 0.894. The van der Waals surface area contributed by atoms with E-state index >= 15 is 0 Å². The second kappa shape index (κ2) is 3.56. The molecule has 0 unspecified atom stereocenters. The highest BCUT2D eigenvalue weighted by atomic mass is 35.5. The molecule has 0 saturated carbocycles. The summed E-state index contributed by atoms with van der Waals surface area (Å²) in [6.07, 6.45) is 0. The highest BCUT2D eigenvalue weighted by Crippen LogP contribution is 2.15. The molecule has 1 heterocycles. The SMILES string of the molecule is [N-]=[N+]=Nc1nonc1C(Cl)=NO. The Morgan fingerprint density at radius 1 is 1.67 bits per heavy atom. The minimum Gasteiger partial charge on any atom is -0.410 e. The van der Waals surface area contributed by atoms with E-state index in [0.717, 1.165) is 0 Å². The molecule has 0 radical (unpaired) electrons. The van der Waals surface area contributed by atoms with E-state index in [0.29, 0.717) is 0 Å². The van der Waals surface area contributed by atoms with Crippen LogP contribution < -0.4 is 0 Å². The zero-order chi connectivity index (χ0) is 8.97. The summed E-state index contributed by atoms with van der Waals surface area (Å²) in [6, 6.07) is 0. The van der Waals surface area contributed by atoms with Gasteiger partial charge in [-0.25, -0.2) is 4.63 Å². The van der Waals surface area contributed by atoms with E-state index in [9.17, 15) is 0 Å². The summed E-state index contributed by atoms with van der Waals surface area (Å²) < 4.78 is 4.18. The maximum atomic E-state index is 8.21. The average Bonchev–Trinajstić information content (AvgIpc) is 2.52. The van der Waals surface area contributed by atoms with E-state index in [4.69, 9.17) is 22.3 Å². The largest absolute Gasteiger partial charge is 0.410 e. The molecule has 0 atom stereocenters. The molecule has 0 spiro atoms. The van der Waals surface area contributed by atoms with Crippen LogP contribution in [0.15, 0.2) is 14.9 Å². The zero-order valence-electron chi connectivity index (χ0n) is 5.42. The van der Waals surface area contributed by atoms with Gasteiger partial charge in [-0.15, -0.1) is 0 Å². The van der Waals surface area contributed by atoms with Crippen molar-refractivity contribution in [3.05, 3.63) is 16.1 Å².